The van der Waals surface area contributed by atoms with Gasteiger partial charge >= 0.3 is 0 Å². The van der Waals surface area contributed by atoms with E-state index < -0.39 is 0 Å². The summed E-state index contributed by atoms with van der Waals surface area (Å²) >= 11 is 3.20. The zero-order chi connectivity index (χ0) is 5.11. The van der Waals surface area contributed by atoms with Crippen LogP contribution in [0.2, 0.25) is 0 Å². The maximum absolute atomic E-state index is 3.90. The van der Waals surface area contributed by atoms with E-state index in [1.54, 1.807) is 6.20 Å². The molecule has 1 aromatic rings. The van der Waals surface area contributed by atoms with E-state index in [1.807, 2.05) is 18.2 Å². The van der Waals surface area contributed by atoms with Crippen molar-refractivity contribution in [1.29, 1.82) is 0 Å². The molecule has 0 bridgehead atoms. The second-order valence-electron chi connectivity index (χ2n) is 1.15. The largest absolute Gasteiger partial charge is 0.249 e. The van der Waals surface area contributed by atoms with Crippen LogP contribution in [0.25, 0.3) is 0 Å². The predicted octanol–water partition coefficient (Wildman–Crippen LogP) is 1.46. The van der Waals surface area contributed by atoms with Crippen molar-refractivity contribution in [3.63, 3.8) is 0 Å². The minimum Gasteiger partial charge on any atom is -0.249 e. The van der Waals surface area contributed by atoms with Gasteiger partial charge in [-0.3, -0.25) is 0 Å². The van der Waals surface area contributed by atoms with Gasteiger partial charge in [0.1, 0.15) is 4.60 Å². The molecule has 3 heteroatoms. The van der Waals surface area contributed by atoms with Crippen LogP contribution in [0.4, 0.5) is 0 Å². The third-order valence-corrected chi connectivity index (χ3v) is 1.10. The van der Waals surface area contributed by atoms with Crippen molar-refractivity contribution in [2.45, 2.75) is 0 Å². The summed E-state index contributed by atoms with van der Waals surface area (Å²) in [5.74, 6) is 0. The molecule has 1 nitrogen and oxygen atoms in total. The van der Waals surface area contributed by atoms with E-state index in [9.17, 15) is 0 Å². The third-order valence-electron chi connectivity index (χ3n) is 0.629. The Hall–Kier alpha value is 0.552. The van der Waals surface area contributed by atoms with E-state index in [4.69, 9.17) is 0 Å². The third kappa shape index (κ3) is 2.76. The molecule has 0 spiro atoms. The number of aromatic nitrogens is 1. The molecule has 8 heavy (non-hydrogen) atoms. The molecule has 4 radical (unpaired) electrons. The van der Waals surface area contributed by atoms with Gasteiger partial charge < -0.3 is 0 Å². The Morgan fingerprint density at radius 2 is 2.12 bits per heavy atom. The summed E-state index contributed by atoms with van der Waals surface area (Å²) < 4.78 is 0.884. The summed E-state index contributed by atoms with van der Waals surface area (Å²) in [7, 11) is 0. The van der Waals surface area contributed by atoms with Gasteiger partial charge in [-0.05, 0) is 28.1 Å². The Bertz CT molecular complexity index is 142. The van der Waals surface area contributed by atoms with E-state index >= 15 is 0 Å². The molecule has 0 aliphatic rings. The van der Waals surface area contributed by atoms with Crippen molar-refractivity contribution in [2.75, 3.05) is 0 Å². The summed E-state index contributed by atoms with van der Waals surface area (Å²) in [5.41, 5.74) is 0. The van der Waals surface area contributed by atoms with E-state index in [2.05, 4.69) is 20.9 Å². The molecule has 40 valence electrons. The summed E-state index contributed by atoms with van der Waals surface area (Å²) in [5, 5.41) is 0. The molecule has 0 unspecified atom stereocenters. The van der Waals surface area contributed by atoms with Crippen LogP contribution < -0.4 is 0 Å². The van der Waals surface area contributed by atoms with E-state index in [0.29, 0.717) is 0 Å². The van der Waals surface area contributed by atoms with Crippen molar-refractivity contribution in [3.8, 4) is 0 Å². The first-order valence-corrected chi connectivity index (χ1v) is 2.75. The SMILES string of the molecule is Brc1ccccn1.[Pb]. The molecule has 0 aromatic carbocycles. The van der Waals surface area contributed by atoms with Crippen LogP contribution in [0.1, 0.15) is 0 Å². The number of halogens is 1. The Kier molecular flexibility index (Phi) is 4.74. The van der Waals surface area contributed by atoms with Crippen molar-refractivity contribution in [2.24, 2.45) is 0 Å². The van der Waals surface area contributed by atoms with Crippen LogP contribution >= 0.6 is 15.9 Å². The van der Waals surface area contributed by atoms with Gasteiger partial charge in [0.15, 0.2) is 0 Å². The van der Waals surface area contributed by atoms with Gasteiger partial charge in [0.2, 0.25) is 0 Å². The Morgan fingerprint density at radius 1 is 1.38 bits per heavy atom. The molecule has 0 fully saturated rings. The normalized spacial score (nSPS) is 7.62. The molecule has 0 N–H and O–H groups in total. The minimum absolute atomic E-state index is 0. The van der Waals surface area contributed by atoms with Crippen molar-refractivity contribution < 1.29 is 0 Å². The first kappa shape index (κ1) is 8.55. The van der Waals surface area contributed by atoms with E-state index in [-0.39, 0.29) is 27.3 Å². The first-order chi connectivity index (χ1) is 3.39. The molecule has 0 saturated carbocycles. The van der Waals surface area contributed by atoms with Crippen LogP contribution in [-0.2, 0) is 0 Å². The van der Waals surface area contributed by atoms with Crippen molar-refractivity contribution in [1.82, 2.24) is 4.98 Å². The fourth-order valence-corrected chi connectivity index (χ4v) is 0.613. The Morgan fingerprint density at radius 3 is 2.38 bits per heavy atom. The van der Waals surface area contributed by atoms with E-state index in [0.717, 1.165) is 4.60 Å². The molecular formula is C5H4BrNPb. The molecule has 0 saturated heterocycles. The molecular weight excluding hydrogens is 361 g/mol. The fraction of sp³-hybridized carbons (Fsp3) is 0. The summed E-state index contributed by atoms with van der Waals surface area (Å²) in [4.78, 5) is 3.90. The molecule has 1 heterocycles. The van der Waals surface area contributed by atoms with Crippen LogP contribution in [0.15, 0.2) is 29.0 Å². The minimum atomic E-state index is 0. The number of rotatable bonds is 0. The molecule has 0 aliphatic carbocycles. The van der Waals surface area contributed by atoms with E-state index in [1.165, 1.54) is 0 Å². The predicted molar refractivity (Wildman–Crippen MR) is 37.7 cm³/mol. The number of pyridine rings is 1. The molecule has 0 aliphatic heterocycles. The van der Waals surface area contributed by atoms with Crippen LogP contribution in [-0.4, -0.2) is 32.3 Å². The molecule has 0 amide bonds. The topological polar surface area (TPSA) is 12.9 Å². The summed E-state index contributed by atoms with van der Waals surface area (Å²) in [6.45, 7) is 0. The van der Waals surface area contributed by atoms with Gasteiger partial charge in [-0.2, -0.15) is 0 Å². The maximum Gasteiger partial charge on any atom is 0.106 e. The van der Waals surface area contributed by atoms with Gasteiger partial charge in [0.05, 0.1) is 0 Å². The number of nitrogens with zero attached hydrogens (tertiary/aromatic N) is 1. The number of hydrogen-bond acceptors (Lipinski definition) is 1. The van der Waals surface area contributed by atoms with Crippen LogP contribution in [0.5, 0.6) is 0 Å². The Labute approximate surface area is 76.8 Å². The summed E-state index contributed by atoms with van der Waals surface area (Å²) in [6.07, 6.45) is 1.74. The van der Waals surface area contributed by atoms with Crippen LogP contribution in [0, 0.1) is 0 Å². The average Bonchev–Trinajstić information content (AvgIpc) is 1.69. The fourth-order valence-electron chi connectivity index (χ4n) is 0.342. The maximum atomic E-state index is 3.90. The van der Waals surface area contributed by atoms with Gasteiger partial charge in [-0.15, -0.1) is 0 Å². The van der Waals surface area contributed by atoms with Gasteiger partial charge in [-0.25, -0.2) is 4.98 Å². The van der Waals surface area contributed by atoms with Gasteiger partial charge in [0, 0.05) is 33.5 Å². The zero-order valence-corrected chi connectivity index (χ0v) is 9.61. The second-order valence-corrected chi connectivity index (χ2v) is 1.96. The van der Waals surface area contributed by atoms with Crippen molar-refractivity contribution >= 4 is 43.2 Å². The summed E-state index contributed by atoms with van der Waals surface area (Å²) in [6, 6.07) is 5.70. The van der Waals surface area contributed by atoms with Gasteiger partial charge in [-0.1, -0.05) is 6.07 Å². The van der Waals surface area contributed by atoms with Crippen LogP contribution in [0.3, 0.4) is 0 Å². The quantitative estimate of drug-likeness (QED) is 0.501. The zero-order valence-electron chi connectivity index (χ0n) is 4.13. The first-order valence-electron chi connectivity index (χ1n) is 1.96. The Balaban J connectivity index is 0.000000490. The average molecular weight is 365 g/mol. The molecule has 1 aromatic heterocycles. The standard InChI is InChI=1S/C5H4BrN.Pb/c6-5-3-1-2-4-7-5;/h1-4H;. The van der Waals surface area contributed by atoms with Crippen molar-refractivity contribution in [3.05, 3.63) is 29.0 Å². The second kappa shape index (κ2) is 4.43. The monoisotopic (exact) mass is 365 g/mol. The molecule has 1 rings (SSSR count). The molecule has 0 atom stereocenters. The smallest absolute Gasteiger partial charge is 0.106 e. The van der Waals surface area contributed by atoms with Gasteiger partial charge in [0.25, 0.3) is 0 Å². The number of hydrogen-bond donors (Lipinski definition) is 0.